The molecule has 0 aliphatic carbocycles. The maximum atomic E-state index is 4.22. The van der Waals surface area contributed by atoms with Crippen LogP contribution in [0.5, 0.6) is 0 Å². The molecule has 1 atom stereocenters. The average molecular weight is 281 g/mol. The monoisotopic (exact) mass is 280 g/mol. The molecule has 1 unspecified atom stereocenters. The van der Waals surface area contributed by atoms with Gasteiger partial charge in [-0.3, -0.25) is 9.67 Å². The molecule has 0 spiro atoms. The zero-order chi connectivity index (χ0) is 11.5. The van der Waals surface area contributed by atoms with E-state index in [1.165, 1.54) is 0 Å². The van der Waals surface area contributed by atoms with Crippen molar-refractivity contribution >= 4 is 15.9 Å². The lowest BCUT2D eigenvalue weighted by atomic mass is 10.1. The van der Waals surface area contributed by atoms with Crippen LogP contribution in [0.3, 0.4) is 0 Å². The van der Waals surface area contributed by atoms with Crippen molar-refractivity contribution in [1.29, 1.82) is 0 Å². The third-order valence-electron chi connectivity index (χ3n) is 2.52. The number of aryl methyl sites for hydroxylation is 1. The number of halogens is 1. The number of rotatable bonds is 3. The smallest absolute Gasteiger partial charge is 0.0772 e. The lowest BCUT2D eigenvalue weighted by molar-refractivity contribution is 0.602. The van der Waals surface area contributed by atoms with Crippen LogP contribution in [0.25, 0.3) is 0 Å². The minimum absolute atomic E-state index is 0.0931. The number of nitrogens with zero attached hydrogens (tertiary/aromatic N) is 3. The number of nitrogens with one attached hydrogen (secondary N) is 1. The predicted molar refractivity (Wildman–Crippen MR) is 66.0 cm³/mol. The molecule has 2 heterocycles. The largest absolute Gasteiger partial charge is 0.308 e. The molecule has 0 radical (unpaired) electrons. The molecular formula is C11H13BrN4. The first-order valence-corrected chi connectivity index (χ1v) is 5.78. The summed E-state index contributed by atoms with van der Waals surface area (Å²) in [4.78, 5) is 4.14. The van der Waals surface area contributed by atoms with Crippen molar-refractivity contribution < 1.29 is 0 Å². The zero-order valence-corrected chi connectivity index (χ0v) is 10.8. The molecule has 84 valence electrons. The van der Waals surface area contributed by atoms with Crippen molar-refractivity contribution in [2.45, 2.75) is 6.04 Å². The first-order valence-electron chi connectivity index (χ1n) is 4.98. The van der Waals surface area contributed by atoms with Crippen LogP contribution in [0.1, 0.15) is 17.3 Å². The highest BCUT2D eigenvalue weighted by Crippen LogP contribution is 2.27. The number of aromatic nitrogens is 3. The van der Waals surface area contributed by atoms with Crippen molar-refractivity contribution in [3.05, 3.63) is 46.5 Å². The molecule has 0 saturated heterocycles. The summed E-state index contributed by atoms with van der Waals surface area (Å²) in [5.74, 6) is 0. The lowest BCUT2D eigenvalue weighted by Crippen LogP contribution is -2.21. The van der Waals surface area contributed by atoms with E-state index in [4.69, 9.17) is 0 Å². The first kappa shape index (κ1) is 11.3. The highest BCUT2D eigenvalue weighted by molar-refractivity contribution is 9.10. The Hall–Kier alpha value is -1.20. The zero-order valence-electron chi connectivity index (χ0n) is 9.18. The Kier molecular flexibility index (Phi) is 3.36. The van der Waals surface area contributed by atoms with Gasteiger partial charge in [0.1, 0.15) is 0 Å². The van der Waals surface area contributed by atoms with E-state index < -0.39 is 0 Å². The molecule has 16 heavy (non-hydrogen) atoms. The molecule has 2 aromatic rings. The van der Waals surface area contributed by atoms with Gasteiger partial charge in [-0.25, -0.2) is 0 Å². The van der Waals surface area contributed by atoms with Crippen molar-refractivity contribution in [3.63, 3.8) is 0 Å². The molecule has 0 bridgehead atoms. The topological polar surface area (TPSA) is 42.7 Å². The average Bonchev–Trinajstić information content (AvgIpc) is 2.63. The Morgan fingerprint density at radius 3 is 2.75 bits per heavy atom. The van der Waals surface area contributed by atoms with Gasteiger partial charge in [0, 0.05) is 19.4 Å². The van der Waals surface area contributed by atoms with E-state index in [2.05, 4.69) is 31.3 Å². The minimum Gasteiger partial charge on any atom is -0.308 e. The van der Waals surface area contributed by atoms with Gasteiger partial charge in [0.15, 0.2) is 0 Å². The Balaban J connectivity index is 2.45. The molecule has 0 fully saturated rings. The Labute approximate surface area is 103 Å². The molecule has 2 aromatic heterocycles. The molecule has 4 nitrogen and oxygen atoms in total. The minimum atomic E-state index is 0.0931. The second-order valence-electron chi connectivity index (χ2n) is 3.51. The fraction of sp³-hybridized carbons (Fsp3) is 0.273. The Bertz CT molecular complexity index is 447. The van der Waals surface area contributed by atoms with E-state index in [0.717, 1.165) is 15.7 Å². The third-order valence-corrected chi connectivity index (χ3v) is 3.13. The van der Waals surface area contributed by atoms with Crippen LogP contribution < -0.4 is 5.32 Å². The summed E-state index contributed by atoms with van der Waals surface area (Å²) in [6.45, 7) is 0. The molecular weight excluding hydrogens is 268 g/mol. The van der Waals surface area contributed by atoms with Crippen LogP contribution >= 0.6 is 15.9 Å². The van der Waals surface area contributed by atoms with E-state index >= 15 is 0 Å². The van der Waals surface area contributed by atoms with Gasteiger partial charge in [0.05, 0.1) is 22.4 Å². The van der Waals surface area contributed by atoms with Gasteiger partial charge in [-0.2, -0.15) is 5.10 Å². The normalized spacial score (nSPS) is 12.7. The van der Waals surface area contributed by atoms with Crippen LogP contribution in [0.4, 0.5) is 0 Å². The first-order chi connectivity index (χ1) is 7.74. The van der Waals surface area contributed by atoms with Gasteiger partial charge in [-0.05, 0) is 34.6 Å². The number of hydrogen-bond donors (Lipinski definition) is 1. The summed E-state index contributed by atoms with van der Waals surface area (Å²) in [7, 11) is 3.86. The summed E-state index contributed by atoms with van der Waals surface area (Å²) in [6.07, 6.45) is 5.44. The molecule has 5 heteroatoms. The molecule has 0 aromatic carbocycles. The lowest BCUT2D eigenvalue weighted by Gasteiger charge is -2.17. The van der Waals surface area contributed by atoms with E-state index in [9.17, 15) is 0 Å². The molecule has 0 amide bonds. The van der Waals surface area contributed by atoms with Gasteiger partial charge in [-0.1, -0.05) is 6.07 Å². The highest BCUT2D eigenvalue weighted by atomic mass is 79.9. The van der Waals surface area contributed by atoms with Gasteiger partial charge in [-0.15, -0.1) is 0 Å². The summed E-state index contributed by atoms with van der Waals surface area (Å²) in [6, 6.07) is 4.08. The van der Waals surface area contributed by atoms with Gasteiger partial charge < -0.3 is 5.32 Å². The fourth-order valence-corrected chi connectivity index (χ4v) is 2.33. The van der Waals surface area contributed by atoms with Crippen molar-refractivity contribution in [2.75, 3.05) is 7.05 Å². The fourth-order valence-electron chi connectivity index (χ4n) is 1.75. The second kappa shape index (κ2) is 4.76. The number of hydrogen-bond acceptors (Lipinski definition) is 3. The second-order valence-corrected chi connectivity index (χ2v) is 4.36. The summed E-state index contributed by atoms with van der Waals surface area (Å²) < 4.78 is 2.86. The van der Waals surface area contributed by atoms with E-state index in [1.807, 2.05) is 37.1 Å². The van der Waals surface area contributed by atoms with Crippen LogP contribution in [0.15, 0.2) is 35.2 Å². The van der Waals surface area contributed by atoms with Gasteiger partial charge in [0.2, 0.25) is 0 Å². The Morgan fingerprint density at radius 2 is 2.25 bits per heavy atom. The van der Waals surface area contributed by atoms with Crippen LogP contribution in [0.2, 0.25) is 0 Å². The number of pyridine rings is 1. The van der Waals surface area contributed by atoms with Crippen molar-refractivity contribution in [2.24, 2.45) is 7.05 Å². The van der Waals surface area contributed by atoms with Crippen LogP contribution in [-0.2, 0) is 7.05 Å². The molecule has 1 N–H and O–H groups in total. The van der Waals surface area contributed by atoms with E-state index in [1.54, 1.807) is 12.4 Å². The van der Waals surface area contributed by atoms with Gasteiger partial charge in [0.25, 0.3) is 0 Å². The van der Waals surface area contributed by atoms with Crippen molar-refractivity contribution in [3.8, 4) is 0 Å². The predicted octanol–water partition coefficient (Wildman–Crippen LogP) is 1.89. The standard InChI is InChI=1S/C11H13BrN4/c1-13-10(8-4-3-5-14-6-8)11-9(12)7-15-16(11)2/h3-7,10,13H,1-2H3. The molecule has 0 aliphatic rings. The van der Waals surface area contributed by atoms with Gasteiger partial charge >= 0.3 is 0 Å². The Morgan fingerprint density at radius 1 is 1.44 bits per heavy atom. The summed E-state index contributed by atoms with van der Waals surface area (Å²) in [5.41, 5.74) is 2.21. The van der Waals surface area contributed by atoms with Crippen molar-refractivity contribution in [1.82, 2.24) is 20.1 Å². The van der Waals surface area contributed by atoms with E-state index in [-0.39, 0.29) is 6.04 Å². The summed E-state index contributed by atoms with van der Waals surface area (Å²) >= 11 is 3.51. The molecule has 0 saturated carbocycles. The molecule has 2 rings (SSSR count). The van der Waals surface area contributed by atoms with Crippen LogP contribution in [0, 0.1) is 0 Å². The maximum absolute atomic E-state index is 4.22. The SMILES string of the molecule is CNC(c1cccnc1)c1c(Br)cnn1C. The maximum Gasteiger partial charge on any atom is 0.0772 e. The highest BCUT2D eigenvalue weighted by Gasteiger charge is 2.18. The summed E-state index contributed by atoms with van der Waals surface area (Å²) in [5, 5.41) is 7.49. The molecule has 0 aliphatic heterocycles. The van der Waals surface area contributed by atoms with Crippen LogP contribution in [-0.4, -0.2) is 21.8 Å². The van der Waals surface area contributed by atoms with E-state index in [0.29, 0.717) is 0 Å². The third kappa shape index (κ3) is 2.01. The quantitative estimate of drug-likeness (QED) is 0.934.